The standard InChI is InChI=1S/C13H25NO3/c1-9(2)11(15)10-7-6-8-14(10)12(16)17-13(3,4)5/h9-11,15H,6-8H2,1-5H3/t10-,11?/m0/s1. The van der Waals surface area contributed by atoms with E-state index in [2.05, 4.69) is 0 Å². The summed E-state index contributed by atoms with van der Waals surface area (Å²) < 4.78 is 5.36. The third-order valence-electron chi connectivity index (χ3n) is 3.00. The highest BCUT2D eigenvalue weighted by Crippen LogP contribution is 2.25. The molecule has 1 heterocycles. The molecule has 17 heavy (non-hydrogen) atoms. The van der Waals surface area contributed by atoms with Gasteiger partial charge in [-0.3, -0.25) is 0 Å². The smallest absolute Gasteiger partial charge is 0.410 e. The second-order valence-corrected chi connectivity index (χ2v) is 6.12. The van der Waals surface area contributed by atoms with Crippen molar-refractivity contribution in [3.05, 3.63) is 0 Å². The number of carbonyl (C=O) groups excluding carboxylic acids is 1. The fourth-order valence-corrected chi connectivity index (χ4v) is 2.14. The number of carbonyl (C=O) groups is 1. The van der Waals surface area contributed by atoms with Crippen molar-refractivity contribution in [1.29, 1.82) is 0 Å². The first kappa shape index (κ1) is 14.3. The van der Waals surface area contributed by atoms with Crippen molar-refractivity contribution in [1.82, 2.24) is 4.90 Å². The summed E-state index contributed by atoms with van der Waals surface area (Å²) in [5.41, 5.74) is -0.479. The summed E-state index contributed by atoms with van der Waals surface area (Å²) >= 11 is 0. The highest BCUT2D eigenvalue weighted by atomic mass is 16.6. The maximum atomic E-state index is 12.0. The average Bonchev–Trinajstić information content (AvgIpc) is 2.61. The molecule has 0 aromatic carbocycles. The molecule has 1 aliphatic rings. The van der Waals surface area contributed by atoms with Crippen molar-refractivity contribution in [3.63, 3.8) is 0 Å². The minimum absolute atomic E-state index is 0.0927. The Morgan fingerprint density at radius 1 is 1.41 bits per heavy atom. The lowest BCUT2D eigenvalue weighted by atomic mass is 9.98. The molecular formula is C13H25NO3. The summed E-state index contributed by atoms with van der Waals surface area (Å²) in [5.74, 6) is 0.156. The molecular weight excluding hydrogens is 218 g/mol. The Morgan fingerprint density at radius 3 is 2.47 bits per heavy atom. The van der Waals surface area contributed by atoms with Gasteiger partial charge in [-0.15, -0.1) is 0 Å². The molecule has 0 aromatic rings. The summed E-state index contributed by atoms with van der Waals surface area (Å²) in [4.78, 5) is 13.7. The van der Waals surface area contributed by atoms with Crippen LogP contribution in [0.2, 0.25) is 0 Å². The average molecular weight is 243 g/mol. The van der Waals surface area contributed by atoms with Crippen LogP contribution in [0.25, 0.3) is 0 Å². The first-order chi connectivity index (χ1) is 7.72. The molecule has 1 saturated heterocycles. The fraction of sp³-hybridized carbons (Fsp3) is 0.923. The number of aliphatic hydroxyl groups excluding tert-OH is 1. The molecule has 1 amide bonds. The highest BCUT2D eigenvalue weighted by Gasteiger charge is 2.37. The molecule has 0 bridgehead atoms. The lowest BCUT2D eigenvalue weighted by molar-refractivity contribution is -0.00355. The topological polar surface area (TPSA) is 49.8 Å². The van der Waals surface area contributed by atoms with Crippen LogP contribution in [0.5, 0.6) is 0 Å². The van der Waals surface area contributed by atoms with Crippen LogP contribution in [0.15, 0.2) is 0 Å². The SMILES string of the molecule is CC(C)C(O)[C@@H]1CCCN1C(=O)OC(C)(C)C. The largest absolute Gasteiger partial charge is 0.444 e. The maximum Gasteiger partial charge on any atom is 0.410 e. The van der Waals surface area contributed by atoms with E-state index in [1.807, 2.05) is 34.6 Å². The summed E-state index contributed by atoms with van der Waals surface area (Å²) in [7, 11) is 0. The zero-order chi connectivity index (χ0) is 13.2. The predicted octanol–water partition coefficient (Wildman–Crippen LogP) is 2.40. The van der Waals surface area contributed by atoms with E-state index in [-0.39, 0.29) is 18.1 Å². The minimum atomic E-state index is -0.479. The molecule has 0 radical (unpaired) electrons. The Hall–Kier alpha value is -0.770. The quantitative estimate of drug-likeness (QED) is 0.810. The third-order valence-corrected chi connectivity index (χ3v) is 3.00. The zero-order valence-corrected chi connectivity index (χ0v) is 11.6. The van der Waals surface area contributed by atoms with Gasteiger partial charge in [0.15, 0.2) is 0 Å². The van der Waals surface area contributed by atoms with Gasteiger partial charge in [0.1, 0.15) is 5.60 Å². The van der Waals surface area contributed by atoms with Crippen molar-refractivity contribution in [3.8, 4) is 0 Å². The number of likely N-dealkylation sites (tertiary alicyclic amines) is 1. The van der Waals surface area contributed by atoms with Gasteiger partial charge >= 0.3 is 6.09 Å². The van der Waals surface area contributed by atoms with Gasteiger partial charge < -0.3 is 14.7 Å². The van der Waals surface area contributed by atoms with Crippen LogP contribution < -0.4 is 0 Å². The van der Waals surface area contributed by atoms with Crippen molar-refractivity contribution in [2.24, 2.45) is 5.92 Å². The van der Waals surface area contributed by atoms with E-state index in [9.17, 15) is 9.90 Å². The van der Waals surface area contributed by atoms with E-state index in [1.165, 1.54) is 0 Å². The van der Waals surface area contributed by atoms with Gasteiger partial charge in [0.25, 0.3) is 0 Å². The van der Waals surface area contributed by atoms with Crippen molar-refractivity contribution >= 4 is 6.09 Å². The monoisotopic (exact) mass is 243 g/mol. The van der Waals surface area contributed by atoms with Gasteiger partial charge in [0.05, 0.1) is 12.1 Å². The molecule has 0 aliphatic carbocycles. The van der Waals surface area contributed by atoms with Crippen molar-refractivity contribution in [2.75, 3.05) is 6.54 Å². The summed E-state index contributed by atoms with van der Waals surface area (Å²) in [6, 6.07) is -0.0927. The molecule has 4 heteroatoms. The molecule has 1 N–H and O–H groups in total. The molecule has 0 spiro atoms. The van der Waals surface area contributed by atoms with E-state index in [4.69, 9.17) is 4.74 Å². The Kier molecular flexibility index (Phi) is 4.42. The number of hydrogen-bond acceptors (Lipinski definition) is 3. The van der Waals surface area contributed by atoms with Gasteiger partial charge in [0.2, 0.25) is 0 Å². The molecule has 0 aromatic heterocycles. The van der Waals surface area contributed by atoms with Crippen LogP contribution in [0.1, 0.15) is 47.5 Å². The second-order valence-electron chi connectivity index (χ2n) is 6.12. The number of hydrogen-bond donors (Lipinski definition) is 1. The molecule has 1 fully saturated rings. The molecule has 1 rings (SSSR count). The third kappa shape index (κ3) is 3.87. The van der Waals surface area contributed by atoms with Crippen molar-refractivity contribution < 1.29 is 14.6 Å². The summed E-state index contributed by atoms with van der Waals surface area (Å²) in [5, 5.41) is 10.1. The number of ether oxygens (including phenoxy) is 1. The van der Waals surface area contributed by atoms with Crippen LogP contribution in [0.4, 0.5) is 4.79 Å². The molecule has 4 nitrogen and oxygen atoms in total. The van der Waals surface area contributed by atoms with Gasteiger partial charge in [0, 0.05) is 6.54 Å². The van der Waals surface area contributed by atoms with Gasteiger partial charge in [-0.2, -0.15) is 0 Å². The highest BCUT2D eigenvalue weighted by molar-refractivity contribution is 5.69. The lowest BCUT2D eigenvalue weighted by Gasteiger charge is -2.32. The van der Waals surface area contributed by atoms with Crippen LogP contribution in [-0.4, -0.2) is 40.4 Å². The van der Waals surface area contributed by atoms with Crippen LogP contribution >= 0.6 is 0 Å². The Morgan fingerprint density at radius 2 is 2.00 bits per heavy atom. The minimum Gasteiger partial charge on any atom is -0.444 e. The maximum absolute atomic E-state index is 12.0. The van der Waals surface area contributed by atoms with E-state index in [1.54, 1.807) is 4.90 Å². The zero-order valence-electron chi connectivity index (χ0n) is 11.6. The predicted molar refractivity (Wildman–Crippen MR) is 66.8 cm³/mol. The lowest BCUT2D eigenvalue weighted by Crippen LogP contribution is -2.46. The van der Waals surface area contributed by atoms with Gasteiger partial charge in [-0.05, 0) is 39.5 Å². The number of amides is 1. The fourth-order valence-electron chi connectivity index (χ4n) is 2.14. The van der Waals surface area contributed by atoms with E-state index in [0.29, 0.717) is 6.54 Å². The summed E-state index contributed by atoms with van der Waals surface area (Å²) in [6.45, 7) is 10.2. The summed E-state index contributed by atoms with van der Waals surface area (Å²) in [6.07, 6.45) is 1.02. The van der Waals surface area contributed by atoms with Gasteiger partial charge in [-0.1, -0.05) is 13.8 Å². The van der Waals surface area contributed by atoms with E-state index >= 15 is 0 Å². The van der Waals surface area contributed by atoms with Crippen LogP contribution in [0, 0.1) is 5.92 Å². The first-order valence-electron chi connectivity index (χ1n) is 6.40. The Balaban J connectivity index is 2.66. The first-order valence-corrected chi connectivity index (χ1v) is 6.40. The van der Waals surface area contributed by atoms with E-state index in [0.717, 1.165) is 12.8 Å². The van der Waals surface area contributed by atoms with Crippen molar-refractivity contribution in [2.45, 2.75) is 65.2 Å². The molecule has 0 saturated carbocycles. The van der Waals surface area contributed by atoms with Crippen LogP contribution in [0.3, 0.4) is 0 Å². The van der Waals surface area contributed by atoms with E-state index < -0.39 is 11.7 Å². The number of nitrogens with zero attached hydrogens (tertiary/aromatic N) is 1. The molecule has 100 valence electrons. The Bertz CT molecular complexity index is 270. The van der Waals surface area contributed by atoms with Gasteiger partial charge in [-0.25, -0.2) is 4.79 Å². The van der Waals surface area contributed by atoms with Crippen LogP contribution in [-0.2, 0) is 4.74 Å². The number of rotatable bonds is 2. The number of aliphatic hydroxyl groups is 1. The normalized spacial score (nSPS) is 23.0. The Labute approximate surface area is 104 Å². The molecule has 1 unspecified atom stereocenters. The molecule has 2 atom stereocenters. The second kappa shape index (κ2) is 5.25. The molecule has 1 aliphatic heterocycles.